The van der Waals surface area contributed by atoms with Crippen LogP contribution in [0.5, 0.6) is 5.75 Å². The molecule has 1 aromatic heterocycles. The molecule has 0 bridgehead atoms. The lowest BCUT2D eigenvalue weighted by Gasteiger charge is -2.17. The summed E-state index contributed by atoms with van der Waals surface area (Å²) in [6.45, 7) is 7.03. The summed E-state index contributed by atoms with van der Waals surface area (Å²) < 4.78 is 7.43. The Morgan fingerprint density at radius 3 is 2.70 bits per heavy atom. The SMILES string of the molecule is CCn1nc(C)cc1CC(N)c1cc(C)ccc1OC. The quantitative estimate of drug-likeness (QED) is 0.911. The van der Waals surface area contributed by atoms with E-state index in [0.29, 0.717) is 0 Å². The van der Waals surface area contributed by atoms with Crippen LogP contribution in [0.4, 0.5) is 0 Å². The lowest BCUT2D eigenvalue weighted by Crippen LogP contribution is -2.17. The maximum absolute atomic E-state index is 6.38. The van der Waals surface area contributed by atoms with E-state index < -0.39 is 0 Å². The summed E-state index contributed by atoms with van der Waals surface area (Å²) in [5.41, 5.74) is 10.8. The van der Waals surface area contributed by atoms with Crippen molar-refractivity contribution in [3.8, 4) is 5.75 Å². The van der Waals surface area contributed by atoms with E-state index >= 15 is 0 Å². The van der Waals surface area contributed by atoms with E-state index in [0.717, 1.165) is 30.0 Å². The Bertz CT molecular complexity index is 589. The molecule has 0 aliphatic carbocycles. The smallest absolute Gasteiger partial charge is 0.123 e. The van der Waals surface area contributed by atoms with Crippen molar-refractivity contribution in [1.82, 2.24) is 9.78 Å². The monoisotopic (exact) mass is 273 g/mol. The summed E-state index contributed by atoms with van der Waals surface area (Å²) >= 11 is 0. The molecular weight excluding hydrogens is 250 g/mol. The van der Waals surface area contributed by atoms with Crippen molar-refractivity contribution >= 4 is 0 Å². The number of ether oxygens (including phenoxy) is 1. The molecule has 1 heterocycles. The Kier molecular flexibility index (Phi) is 4.45. The molecule has 0 spiro atoms. The van der Waals surface area contributed by atoms with Crippen molar-refractivity contribution in [2.75, 3.05) is 7.11 Å². The van der Waals surface area contributed by atoms with Crippen LogP contribution in [0, 0.1) is 13.8 Å². The summed E-state index contributed by atoms with van der Waals surface area (Å²) in [4.78, 5) is 0. The molecule has 4 nitrogen and oxygen atoms in total. The van der Waals surface area contributed by atoms with Crippen LogP contribution in [-0.4, -0.2) is 16.9 Å². The third-order valence-electron chi connectivity index (χ3n) is 3.50. The van der Waals surface area contributed by atoms with Gasteiger partial charge in [0.05, 0.1) is 12.8 Å². The van der Waals surface area contributed by atoms with Gasteiger partial charge in [-0.3, -0.25) is 4.68 Å². The van der Waals surface area contributed by atoms with Gasteiger partial charge in [0.2, 0.25) is 0 Å². The molecular formula is C16H23N3O. The van der Waals surface area contributed by atoms with E-state index in [1.165, 1.54) is 11.3 Å². The van der Waals surface area contributed by atoms with Crippen LogP contribution in [0.15, 0.2) is 24.3 Å². The van der Waals surface area contributed by atoms with E-state index in [1.54, 1.807) is 7.11 Å². The lowest BCUT2D eigenvalue weighted by atomic mass is 9.99. The van der Waals surface area contributed by atoms with Crippen molar-refractivity contribution in [3.05, 3.63) is 46.8 Å². The highest BCUT2D eigenvalue weighted by atomic mass is 16.5. The Morgan fingerprint density at radius 1 is 1.30 bits per heavy atom. The highest BCUT2D eigenvalue weighted by molar-refractivity contribution is 5.39. The van der Waals surface area contributed by atoms with Crippen LogP contribution >= 0.6 is 0 Å². The molecule has 4 heteroatoms. The number of hydrogen-bond donors (Lipinski definition) is 1. The summed E-state index contributed by atoms with van der Waals surface area (Å²) in [5, 5.41) is 4.47. The first-order valence-corrected chi connectivity index (χ1v) is 6.98. The lowest BCUT2D eigenvalue weighted by molar-refractivity contribution is 0.404. The van der Waals surface area contributed by atoms with Crippen LogP contribution in [0.1, 0.15) is 35.5 Å². The van der Waals surface area contributed by atoms with Gasteiger partial charge in [-0.25, -0.2) is 0 Å². The number of nitrogens with zero attached hydrogens (tertiary/aromatic N) is 2. The molecule has 1 unspecified atom stereocenters. The van der Waals surface area contributed by atoms with Crippen molar-refractivity contribution in [3.63, 3.8) is 0 Å². The molecule has 108 valence electrons. The molecule has 2 rings (SSSR count). The minimum Gasteiger partial charge on any atom is -0.496 e. The second-order valence-corrected chi connectivity index (χ2v) is 5.15. The van der Waals surface area contributed by atoms with Gasteiger partial charge in [-0.1, -0.05) is 17.7 Å². The van der Waals surface area contributed by atoms with Crippen LogP contribution in [0.3, 0.4) is 0 Å². The van der Waals surface area contributed by atoms with Gasteiger partial charge in [0.15, 0.2) is 0 Å². The zero-order valence-electron chi connectivity index (χ0n) is 12.7. The minimum absolute atomic E-state index is 0.0914. The molecule has 1 aromatic carbocycles. The normalized spacial score (nSPS) is 12.4. The molecule has 0 radical (unpaired) electrons. The summed E-state index contributed by atoms with van der Waals surface area (Å²) in [6.07, 6.45) is 0.758. The van der Waals surface area contributed by atoms with Crippen molar-refractivity contribution < 1.29 is 4.74 Å². The Morgan fingerprint density at radius 2 is 2.05 bits per heavy atom. The zero-order valence-corrected chi connectivity index (χ0v) is 12.7. The first kappa shape index (κ1) is 14.6. The van der Waals surface area contributed by atoms with Gasteiger partial charge in [0.25, 0.3) is 0 Å². The maximum Gasteiger partial charge on any atom is 0.123 e. The van der Waals surface area contributed by atoms with Crippen LogP contribution in [0.25, 0.3) is 0 Å². The number of hydrogen-bond acceptors (Lipinski definition) is 3. The fourth-order valence-electron chi connectivity index (χ4n) is 2.52. The third kappa shape index (κ3) is 3.02. The second kappa shape index (κ2) is 6.09. The average molecular weight is 273 g/mol. The van der Waals surface area contributed by atoms with Gasteiger partial charge in [-0.05, 0) is 32.9 Å². The third-order valence-corrected chi connectivity index (χ3v) is 3.50. The Hall–Kier alpha value is -1.81. The van der Waals surface area contributed by atoms with Crippen molar-refractivity contribution in [1.29, 1.82) is 0 Å². The fourth-order valence-corrected chi connectivity index (χ4v) is 2.52. The summed E-state index contributed by atoms with van der Waals surface area (Å²) in [5.74, 6) is 0.849. The second-order valence-electron chi connectivity index (χ2n) is 5.15. The Labute approximate surface area is 120 Å². The number of benzene rings is 1. The number of aromatic nitrogens is 2. The van der Waals surface area contributed by atoms with Crippen LogP contribution < -0.4 is 10.5 Å². The minimum atomic E-state index is -0.0914. The molecule has 2 N–H and O–H groups in total. The topological polar surface area (TPSA) is 53.1 Å². The highest BCUT2D eigenvalue weighted by Gasteiger charge is 2.15. The number of aryl methyl sites for hydroxylation is 3. The molecule has 0 amide bonds. The molecule has 0 aliphatic heterocycles. The van der Waals surface area contributed by atoms with Crippen molar-refractivity contribution in [2.45, 2.75) is 39.8 Å². The van der Waals surface area contributed by atoms with Crippen LogP contribution in [0.2, 0.25) is 0 Å². The first-order chi connectivity index (χ1) is 9.55. The largest absolute Gasteiger partial charge is 0.496 e. The Balaban J connectivity index is 2.27. The van der Waals surface area contributed by atoms with Gasteiger partial charge >= 0.3 is 0 Å². The molecule has 1 atom stereocenters. The van der Waals surface area contributed by atoms with Gasteiger partial charge in [-0.2, -0.15) is 5.10 Å². The highest BCUT2D eigenvalue weighted by Crippen LogP contribution is 2.27. The average Bonchev–Trinajstić information content (AvgIpc) is 2.78. The first-order valence-electron chi connectivity index (χ1n) is 6.98. The standard InChI is InChI=1S/C16H23N3O/c1-5-19-13(9-12(3)18-19)10-15(17)14-8-11(2)6-7-16(14)20-4/h6-9,15H,5,10,17H2,1-4H3. The molecule has 0 saturated carbocycles. The van der Waals surface area contributed by atoms with E-state index in [9.17, 15) is 0 Å². The molecule has 0 aliphatic rings. The van der Waals surface area contributed by atoms with Gasteiger partial charge in [0.1, 0.15) is 5.75 Å². The van der Waals surface area contributed by atoms with E-state index in [2.05, 4.69) is 31.1 Å². The van der Waals surface area contributed by atoms with E-state index in [4.69, 9.17) is 10.5 Å². The van der Waals surface area contributed by atoms with Crippen LogP contribution in [-0.2, 0) is 13.0 Å². The molecule has 20 heavy (non-hydrogen) atoms. The molecule has 0 fully saturated rings. The van der Waals surface area contributed by atoms with Gasteiger partial charge in [-0.15, -0.1) is 0 Å². The predicted octanol–water partition coefficient (Wildman–Crippen LogP) is 2.77. The van der Waals surface area contributed by atoms with Gasteiger partial charge < -0.3 is 10.5 Å². The predicted molar refractivity (Wildman–Crippen MR) is 81.0 cm³/mol. The number of methoxy groups -OCH3 is 1. The van der Waals surface area contributed by atoms with Crippen molar-refractivity contribution in [2.24, 2.45) is 5.73 Å². The molecule has 2 aromatic rings. The summed E-state index contributed by atoms with van der Waals surface area (Å²) in [7, 11) is 1.68. The van der Waals surface area contributed by atoms with Gasteiger partial charge in [0, 0.05) is 30.3 Å². The number of nitrogens with two attached hydrogens (primary N) is 1. The maximum atomic E-state index is 6.38. The van der Waals surface area contributed by atoms with E-state index in [-0.39, 0.29) is 6.04 Å². The zero-order chi connectivity index (χ0) is 14.7. The summed E-state index contributed by atoms with van der Waals surface area (Å²) in [6, 6.07) is 8.13. The molecule has 0 saturated heterocycles. The fraction of sp³-hybridized carbons (Fsp3) is 0.438. The van der Waals surface area contributed by atoms with E-state index in [1.807, 2.05) is 23.7 Å². The number of rotatable bonds is 5.